The van der Waals surface area contributed by atoms with Crippen molar-refractivity contribution in [2.45, 2.75) is 32.3 Å². The molecule has 1 saturated carbocycles. The van der Waals surface area contributed by atoms with Gasteiger partial charge in [-0.3, -0.25) is 0 Å². The third-order valence-electron chi connectivity index (χ3n) is 4.89. The summed E-state index contributed by atoms with van der Waals surface area (Å²) in [6.07, 6.45) is 2.41. The zero-order valence-corrected chi connectivity index (χ0v) is 9.66. The molecule has 82 valence electrons. The topological polar surface area (TPSA) is 21.6 Å². The Morgan fingerprint density at radius 3 is 3.06 bits per heavy atom. The van der Waals surface area contributed by atoms with Crippen molar-refractivity contribution < 1.29 is 4.84 Å². The molecule has 1 spiro atoms. The van der Waals surface area contributed by atoms with Gasteiger partial charge in [0.05, 0.1) is 11.6 Å². The maximum absolute atomic E-state index is 5.85. The van der Waals surface area contributed by atoms with Crippen molar-refractivity contribution in [1.82, 2.24) is 0 Å². The lowest BCUT2D eigenvalue weighted by atomic mass is 9.82. The standard InChI is InChI=1S/C14H15NO/c1-9-12-13(2)8-7-10-5-3-4-6-11(10)14(12,13)16-15-9/h3-6,12H,7-8H2,1-2H3/t12?,13-,14-/m0/s1. The first-order valence-corrected chi connectivity index (χ1v) is 6.01. The highest BCUT2D eigenvalue weighted by molar-refractivity contribution is 5.92. The number of benzene rings is 1. The Hall–Kier alpha value is -1.31. The molecular formula is C14H15NO. The molecule has 16 heavy (non-hydrogen) atoms. The second kappa shape index (κ2) is 2.34. The average molecular weight is 213 g/mol. The van der Waals surface area contributed by atoms with Gasteiger partial charge < -0.3 is 4.84 Å². The fourth-order valence-corrected chi connectivity index (χ4v) is 4.09. The van der Waals surface area contributed by atoms with Crippen LogP contribution in [0.5, 0.6) is 0 Å². The molecule has 2 heteroatoms. The molecule has 1 fully saturated rings. The second-order valence-corrected chi connectivity index (χ2v) is 5.57. The normalized spacial score (nSPS) is 42.6. The van der Waals surface area contributed by atoms with Gasteiger partial charge >= 0.3 is 0 Å². The van der Waals surface area contributed by atoms with E-state index in [-0.39, 0.29) is 5.60 Å². The molecule has 0 aromatic heterocycles. The predicted octanol–water partition coefficient (Wildman–Crippen LogP) is 2.87. The van der Waals surface area contributed by atoms with Crippen LogP contribution in [0.2, 0.25) is 0 Å². The molecule has 2 nitrogen and oxygen atoms in total. The minimum atomic E-state index is -0.105. The van der Waals surface area contributed by atoms with Crippen molar-refractivity contribution in [3.05, 3.63) is 35.4 Å². The van der Waals surface area contributed by atoms with Gasteiger partial charge in [0.15, 0.2) is 5.60 Å². The third-order valence-corrected chi connectivity index (χ3v) is 4.89. The van der Waals surface area contributed by atoms with Crippen molar-refractivity contribution in [2.24, 2.45) is 16.5 Å². The van der Waals surface area contributed by atoms with Crippen LogP contribution in [0.3, 0.4) is 0 Å². The van der Waals surface area contributed by atoms with E-state index in [2.05, 4.69) is 43.3 Å². The maximum Gasteiger partial charge on any atom is 0.177 e. The minimum Gasteiger partial charge on any atom is -0.383 e. The number of oxime groups is 1. The first-order valence-electron chi connectivity index (χ1n) is 6.01. The number of hydrogen-bond acceptors (Lipinski definition) is 2. The van der Waals surface area contributed by atoms with Gasteiger partial charge in [0.2, 0.25) is 0 Å². The minimum absolute atomic E-state index is 0.105. The molecule has 0 bridgehead atoms. The van der Waals surface area contributed by atoms with Crippen LogP contribution in [0, 0.1) is 11.3 Å². The maximum atomic E-state index is 5.85. The number of aryl methyl sites for hydroxylation is 1. The second-order valence-electron chi connectivity index (χ2n) is 5.57. The van der Waals surface area contributed by atoms with Gasteiger partial charge in [-0.15, -0.1) is 0 Å². The first kappa shape index (κ1) is 8.80. The SMILES string of the molecule is CC1=NO[C@]23c4ccccc4CC[C@@]2(C)C13. The van der Waals surface area contributed by atoms with E-state index in [1.54, 1.807) is 0 Å². The average Bonchev–Trinajstić information content (AvgIpc) is 2.68. The van der Waals surface area contributed by atoms with Crippen molar-refractivity contribution in [2.75, 3.05) is 0 Å². The molecule has 0 N–H and O–H groups in total. The van der Waals surface area contributed by atoms with Crippen LogP contribution >= 0.6 is 0 Å². The van der Waals surface area contributed by atoms with Crippen LogP contribution in [0.15, 0.2) is 29.4 Å². The van der Waals surface area contributed by atoms with Crippen molar-refractivity contribution in [3.8, 4) is 0 Å². The molecule has 0 saturated heterocycles. The van der Waals surface area contributed by atoms with Crippen LogP contribution in [0.25, 0.3) is 0 Å². The molecule has 1 unspecified atom stereocenters. The highest BCUT2D eigenvalue weighted by Crippen LogP contribution is 2.77. The summed E-state index contributed by atoms with van der Waals surface area (Å²) in [6.45, 7) is 4.46. The summed E-state index contributed by atoms with van der Waals surface area (Å²) in [5, 5.41) is 4.20. The highest BCUT2D eigenvalue weighted by Gasteiger charge is 2.82. The third kappa shape index (κ3) is 0.675. The Morgan fingerprint density at radius 1 is 1.38 bits per heavy atom. The lowest BCUT2D eigenvalue weighted by molar-refractivity contribution is 0.00338. The van der Waals surface area contributed by atoms with Gasteiger partial charge in [-0.1, -0.05) is 36.3 Å². The van der Waals surface area contributed by atoms with Crippen molar-refractivity contribution in [3.63, 3.8) is 0 Å². The van der Waals surface area contributed by atoms with Crippen LogP contribution in [0.4, 0.5) is 0 Å². The molecule has 1 heterocycles. The molecule has 0 radical (unpaired) electrons. The van der Waals surface area contributed by atoms with Crippen molar-refractivity contribution >= 4 is 5.71 Å². The quantitative estimate of drug-likeness (QED) is 0.649. The van der Waals surface area contributed by atoms with E-state index < -0.39 is 0 Å². The highest BCUT2D eigenvalue weighted by atomic mass is 16.7. The summed E-state index contributed by atoms with van der Waals surface area (Å²) in [4.78, 5) is 5.85. The van der Waals surface area contributed by atoms with E-state index in [0.717, 1.165) is 0 Å². The van der Waals surface area contributed by atoms with Crippen LogP contribution < -0.4 is 0 Å². The Bertz CT molecular complexity index is 521. The largest absolute Gasteiger partial charge is 0.383 e. The Balaban J connectivity index is 1.96. The Labute approximate surface area is 95.3 Å². The van der Waals surface area contributed by atoms with Gasteiger partial charge in [-0.05, 0) is 25.3 Å². The summed E-state index contributed by atoms with van der Waals surface area (Å²) in [7, 11) is 0. The van der Waals surface area contributed by atoms with Gasteiger partial charge in [-0.25, -0.2) is 0 Å². The Kier molecular flexibility index (Phi) is 1.29. The number of rotatable bonds is 0. The molecular weight excluding hydrogens is 198 g/mol. The fraction of sp³-hybridized carbons (Fsp3) is 0.500. The monoisotopic (exact) mass is 213 g/mol. The lowest BCUT2D eigenvalue weighted by Crippen LogP contribution is -2.24. The number of hydrogen-bond donors (Lipinski definition) is 0. The zero-order valence-electron chi connectivity index (χ0n) is 9.66. The summed E-state index contributed by atoms with van der Waals surface area (Å²) in [5.41, 5.74) is 4.21. The zero-order chi connectivity index (χ0) is 11.0. The number of nitrogens with zero attached hydrogens (tertiary/aromatic N) is 1. The van der Waals surface area contributed by atoms with Crippen molar-refractivity contribution in [1.29, 1.82) is 0 Å². The van der Waals surface area contributed by atoms with Gasteiger partial charge in [0.25, 0.3) is 0 Å². The van der Waals surface area contributed by atoms with Gasteiger partial charge in [0, 0.05) is 11.0 Å². The van der Waals surface area contributed by atoms with Gasteiger partial charge in [0.1, 0.15) is 0 Å². The van der Waals surface area contributed by atoms with E-state index in [4.69, 9.17) is 4.84 Å². The smallest absolute Gasteiger partial charge is 0.177 e. The molecule has 0 amide bonds. The number of fused-ring (bicyclic) bond motifs is 2. The first-order chi connectivity index (χ1) is 7.70. The van der Waals surface area contributed by atoms with E-state index in [0.29, 0.717) is 11.3 Å². The van der Waals surface area contributed by atoms with Crippen LogP contribution in [-0.2, 0) is 16.9 Å². The van der Waals surface area contributed by atoms with Gasteiger partial charge in [-0.2, -0.15) is 0 Å². The molecule has 1 aromatic rings. The van der Waals surface area contributed by atoms with Crippen LogP contribution in [-0.4, -0.2) is 5.71 Å². The van der Waals surface area contributed by atoms with Crippen LogP contribution in [0.1, 0.15) is 31.4 Å². The Morgan fingerprint density at radius 2 is 2.19 bits per heavy atom. The van der Waals surface area contributed by atoms with E-state index in [1.165, 1.54) is 29.7 Å². The molecule has 2 aliphatic carbocycles. The molecule has 3 atom stereocenters. The molecule has 1 aromatic carbocycles. The molecule has 4 rings (SSSR count). The summed E-state index contributed by atoms with van der Waals surface area (Å²) < 4.78 is 0. The lowest BCUT2D eigenvalue weighted by Gasteiger charge is -2.28. The van der Waals surface area contributed by atoms with E-state index in [1.807, 2.05) is 0 Å². The van der Waals surface area contributed by atoms with E-state index in [9.17, 15) is 0 Å². The summed E-state index contributed by atoms with van der Waals surface area (Å²) in [6, 6.07) is 8.70. The van der Waals surface area contributed by atoms with E-state index >= 15 is 0 Å². The molecule has 1 aliphatic heterocycles. The predicted molar refractivity (Wildman–Crippen MR) is 62.2 cm³/mol. The summed E-state index contributed by atoms with van der Waals surface area (Å²) >= 11 is 0. The fourth-order valence-electron chi connectivity index (χ4n) is 4.09. The summed E-state index contributed by atoms with van der Waals surface area (Å²) in [5.74, 6) is 0.517. The molecule has 3 aliphatic rings.